The van der Waals surface area contributed by atoms with Gasteiger partial charge in [0.1, 0.15) is 0 Å². The third kappa shape index (κ3) is 7.32. The van der Waals surface area contributed by atoms with Crippen molar-refractivity contribution in [1.29, 1.82) is 0 Å². The fraction of sp³-hybridized carbons (Fsp3) is 0.160. The third-order valence-electron chi connectivity index (χ3n) is 4.99. The van der Waals surface area contributed by atoms with Gasteiger partial charge >= 0.3 is 5.97 Å². The number of halogens is 1. The van der Waals surface area contributed by atoms with Crippen molar-refractivity contribution in [1.82, 2.24) is 9.73 Å². The lowest BCUT2D eigenvalue weighted by Crippen LogP contribution is -2.39. The van der Waals surface area contributed by atoms with Crippen molar-refractivity contribution in [2.45, 2.75) is 18.4 Å². The lowest BCUT2D eigenvalue weighted by molar-refractivity contribution is -0.121. The molecule has 8 nitrogen and oxygen atoms in total. The first-order chi connectivity index (χ1) is 16.7. The third-order valence-corrected chi connectivity index (χ3v) is 7.32. The SMILES string of the molecule is COC(=O)c1ccc(/C=N\NC(=O)CN(Cc2ccc(Br)cc2)S(=O)(=O)c2ccc(C)cc2)cc1. The van der Waals surface area contributed by atoms with E-state index in [1.165, 1.54) is 25.5 Å². The molecule has 0 bridgehead atoms. The highest BCUT2D eigenvalue weighted by molar-refractivity contribution is 9.10. The maximum absolute atomic E-state index is 13.3. The molecule has 0 saturated carbocycles. The molecule has 0 aliphatic heterocycles. The Kier molecular flexibility index (Phi) is 8.91. The van der Waals surface area contributed by atoms with Gasteiger partial charge in [-0.2, -0.15) is 9.41 Å². The topological polar surface area (TPSA) is 105 Å². The largest absolute Gasteiger partial charge is 0.465 e. The quantitative estimate of drug-likeness (QED) is 0.244. The lowest BCUT2D eigenvalue weighted by atomic mass is 10.1. The van der Waals surface area contributed by atoms with Crippen molar-refractivity contribution < 1.29 is 22.7 Å². The zero-order valence-electron chi connectivity index (χ0n) is 19.1. The first-order valence-electron chi connectivity index (χ1n) is 10.5. The normalized spacial score (nSPS) is 11.5. The predicted molar refractivity (Wildman–Crippen MR) is 136 cm³/mol. The number of benzene rings is 3. The number of nitrogens with zero attached hydrogens (tertiary/aromatic N) is 2. The number of amides is 1. The number of rotatable bonds is 9. The van der Waals surface area contributed by atoms with Crippen LogP contribution in [0.5, 0.6) is 0 Å². The summed E-state index contributed by atoms with van der Waals surface area (Å²) in [5.74, 6) is -1.05. The Labute approximate surface area is 212 Å². The molecule has 3 rings (SSSR count). The first-order valence-corrected chi connectivity index (χ1v) is 12.7. The fourth-order valence-electron chi connectivity index (χ4n) is 3.08. The van der Waals surface area contributed by atoms with E-state index in [1.54, 1.807) is 48.5 Å². The number of methoxy groups -OCH3 is 1. The van der Waals surface area contributed by atoms with Gasteiger partial charge in [-0.25, -0.2) is 18.6 Å². The van der Waals surface area contributed by atoms with E-state index in [-0.39, 0.29) is 11.4 Å². The molecule has 0 aromatic heterocycles. The van der Waals surface area contributed by atoms with Crippen molar-refractivity contribution >= 4 is 44.0 Å². The number of carbonyl (C=O) groups excluding carboxylic acids is 2. The molecule has 1 N–H and O–H groups in total. The van der Waals surface area contributed by atoms with Crippen molar-refractivity contribution in [3.05, 3.63) is 99.5 Å². The van der Waals surface area contributed by atoms with Crippen LogP contribution in [0.15, 0.2) is 87.3 Å². The number of carbonyl (C=O) groups is 2. The number of hydrogen-bond acceptors (Lipinski definition) is 6. The minimum Gasteiger partial charge on any atom is -0.465 e. The van der Waals surface area contributed by atoms with Crippen LogP contribution in [-0.4, -0.2) is 44.5 Å². The van der Waals surface area contributed by atoms with Gasteiger partial charge in [0.05, 0.1) is 30.3 Å². The number of nitrogens with one attached hydrogen (secondary N) is 1. The summed E-state index contributed by atoms with van der Waals surface area (Å²) in [6.45, 7) is 1.45. The molecule has 3 aromatic rings. The molecule has 0 radical (unpaired) electrons. The van der Waals surface area contributed by atoms with Gasteiger partial charge in [-0.15, -0.1) is 0 Å². The number of ether oxygens (including phenoxy) is 1. The number of sulfonamides is 1. The average Bonchev–Trinajstić information content (AvgIpc) is 2.85. The maximum atomic E-state index is 13.3. The molecule has 0 fully saturated rings. The monoisotopic (exact) mass is 557 g/mol. The molecule has 0 unspecified atom stereocenters. The maximum Gasteiger partial charge on any atom is 0.337 e. The molecule has 1 amide bonds. The molecule has 0 aliphatic carbocycles. The van der Waals surface area contributed by atoms with E-state index in [0.717, 1.165) is 19.9 Å². The molecule has 35 heavy (non-hydrogen) atoms. The summed E-state index contributed by atoms with van der Waals surface area (Å²) in [5.41, 5.74) is 5.04. The van der Waals surface area contributed by atoms with Crippen molar-refractivity contribution in [2.24, 2.45) is 5.10 Å². The van der Waals surface area contributed by atoms with Crippen LogP contribution >= 0.6 is 15.9 Å². The van der Waals surface area contributed by atoms with E-state index in [0.29, 0.717) is 11.1 Å². The summed E-state index contributed by atoms with van der Waals surface area (Å²) < 4.78 is 33.3. The molecular weight excluding hydrogens is 534 g/mol. The van der Waals surface area contributed by atoms with E-state index >= 15 is 0 Å². The summed E-state index contributed by atoms with van der Waals surface area (Å²) in [6, 6.07) is 20.1. The van der Waals surface area contributed by atoms with Crippen LogP contribution in [0, 0.1) is 6.92 Å². The molecule has 0 saturated heterocycles. The van der Waals surface area contributed by atoms with Gasteiger partial charge in [-0.3, -0.25) is 4.79 Å². The standard InChI is InChI=1S/C25H24BrN3O5S/c1-18-3-13-23(14-4-18)35(32,33)29(16-20-7-11-22(26)12-8-20)17-24(30)28-27-15-19-5-9-21(10-6-19)25(31)34-2/h3-15H,16-17H2,1-2H3,(H,28,30)/b27-15-. The number of hydrazone groups is 1. The second-order valence-corrected chi connectivity index (χ2v) is 10.5. The van der Waals surface area contributed by atoms with Gasteiger partial charge in [0.25, 0.3) is 5.91 Å². The van der Waals surface area contributed by atoms with Gasteiger partial charge in [0.2, 0.25) is 10.0 Å². The smallest absolute Gasteiger partial charge is 0.337 e. The Bertz CT molecular complexity index is 1310. The molecule has 0 aliphatic rings. The molecule has 182 valence electrons. The number of hydrogen-bond donors (Lipinski definition) is 1. The predicted octanol–water partition coefficient (Wildman–Crippen LogP) is 3.89. The van der Waals surface area contributed by atoms with Gasteiger partial charge in [-0.05, 0) is 54.4 Å². The number of esters is 1. The van der Waals surface area contributed by atoms with Crippen LogP contribution in [-0.2, 0) is 26.1 Å². The summed E-state index contributed by atoms with van der Waals surface area (Å²) in [6.07, 6.45) is 1.40. The van der Waals surface area contributed by atoms with Gasteiger partial charge < -0.3 is 4.74 Å². The summed E-state index contributed by atoms with van der Waals surface area (Å²) in [5, 5.41) is 3.91. The zero-order chi connectivity index (χ0) is 25.4. The highest BCUT2D eigenvalue weighted by atomic mass is 79.9. The molecule has 0 spiro atoms. The molecule has 0 heterocycles. The Balaban J connectivity index is 1.74. The summed E-state index contributed by atoms with van der Waals surface area (Å²) in [4.78, 5) is 24.2. The zero-order valence-corrected chi connectivity index (χ0v) is 21.5. The Morgan fingerprint density at radius 3 is 2.23 bits per heavy atom. The lowest BCUT2D eigenvalue weighted by Gasteiger charge is -2.21. The molecule has 0 atom stereocenters. The second kappa shape index (κ2) is 11.9. The van der Waals surface area contributed by atoms with Crippen molar-refractivity contribution in [3.63, 3.8) is 0 Å². The van der Waals surface area contributed by atoms with Gasteiger partial charge in [0.15, 0.2) is 0 Å². The van der Waals surface area contributed by atoms with E-state index < -0.39 is 28.4 Å². The summed E-state index contributed by atoms with van der Waals surface area (Å²) >= 11 is 3.36. The minimum atomic E-state index is -3.95. The molecule has 10 heteroatoms. The second-order valence-electron chi connectivity index (χ2n) is 7.62. The van der Waals surface area contributed by atoms with E-state index in [1.807, 2.05) is 19.1 Å². The van der Waals surface area contributed by atoms with Crippen LogP contribution in [0.25, 0.3) is 0 Å². The van der Waals surface area contributed by atoms with Crippen molar-refractivity contribution in [2.75, 3.05) is 13.7 Å². The Morgan fingerprint density at radius 2 is 1.63 bits per heavy atom. The average molecular weight is 558 g/mol. The number of aryl methyl sites for hydroxylation is 1. The Morgan fingerprint density at radius 1 is 1.00 bits per heavy atom. The molecular formula is C25H24BrN3O5S. The van der Waals surface area contributed by atoms with E-state index in [9.17, 15) is 18.0 Å². The van der Waals surface area contributed by atoms with Crippen molar-refractivity contribution in [3.8, 4) is 0 Å². The first kappa shape index (κ1) is 26.3. The van der Waals surface area contributed by atoms with Gasteiger partial charge in [-0.1, -0.05) is 57.9 Å². The van der Waals surface area contributed by atoms with E-state index in [4.69, 9.17) is 0 Å². The Hall–Kier alpha value is -3.34. The van der Waals surface area contributed by atoms with Crippen LogP contribution < -0.4 is 5.43 Å². The fourth-order valence-corrected chi connectivity index (χ4v) is 4.72. The van der Waals surface area contributed by atoms with E-state index in [2.05, 4.69) is 31.2 Å². The van der Waals surface area contributed by atoms with Crippen LogP contribution in [0.4, 0.5) is 0 Å². The summed E-state index contributed by atoms with van der Waals surface area (Å²) in [7, 11) is -2.65. The highest BCUT2D eigenvalue weighted by Crippen LogP contribution is 2.20. The van der Waals surface area contributed by atoms with Crippen LogP contribution in [0.2, 0.25) is 0 Å². The van der Waals surface area contributed by atoms with Crippen LogP contribution in [0.1, 0.15) is 27.0 Å². The molecule has 3 aromatic carbocycles. The van der Waals surface area contributed by atoms with Crippen LogP contribution in [0.3, 0.4) is 0 Å². The highest BCUT2D eigenvalue weighted by Gasteiger charge is 2.27. The minimum absolute atomic E-state index is 0.00954. The van der Waals surface area contributed by atoms with Gasteiger partial charge in [0, 0.05) is 11.0 Å².